The zero-order chi connectivity index (χ0) is 18.5. The van der Waals surface area contributed by atoms with Crippen LogP contribution in [0.5, 0.6) is 11.6 Å². The molecule has 2 N–H and O–H groups in total. The normalized spacial score (nSPS) is 20.0. The van der Waals surface area contributed by atoms with Crippen molar-refractivity contribution in [2.75, 3.05) is 14.2 Å². The Kier molecular flexibility index (Phi) is 5.73. The molecule has 3 rings (SSSR count). The van der Waals surface area contributed by atoms with E-state index >= 15 is 0 Å². The largest absolute Gasteiger partial charge is 0.496 e. The third-order valence-corrected chi connectivity index (χ3v) is 4.81. The molecule has 6 heteroatoms. The molecule has 138 valence electrons. The fourth-order valence-electron chi connectivity index (χ4n) is 3.32. The van der Waals surface area contributed by atoms with Crippen LogP contribution in [0.25, 0.3) is 0 Å². The third-order valence-electron chi connectivity index (χ3n) is 4.81. The van der Waals surface area contributed by atoms with Gasteiger partial charge < -0.3 is 19.9 Å². The van der Waals surface area contributed by atoms with E-state index in [-0.39, 0.29) is 30.4 Å². The van der Waals surface area contributed by atoms with Crippen LogP contribution in [0.3, 0.4) is 0 Å². The maximum absolute atomic E-state index is 12.6. The Balaban J connectivity index is 1.73. The van der Waals surface area contributed by atoms with Gasteiger partial charge in [-0.3, -0.25) is 4.79 Å². The highest BCUT2D eigenvalue weighted by molar-refractivity contribution is 5.79. The molecule has 1 aliphatic rings. The van der Waals surface area contributed by atoms with Crippen LogP contribution < -0.4 is 14.8 Å². The molecule has 1 aromatic carbocycles. The highest BCUT2D eigenvalue weighted by Crippen LogP contribution is 2.38. The lowest BCUT2D eigenvalue weighted by atomic mass is 9.75. The van der Waals surface area contributed by atoms with Gasteiger partial charge >= 0.3 is 0 Å². The lowest BCUT2D eigenvalue weighted by molar-refractivity contribution is -0.122. The Labute approximate surface area is 153 Å². The van der Waals surface area contributed by atoms with Crippen molar-refractivity contribution in [3.05, 3.63) is 53.7 Å². The molecule has 0 aliphatic heterocycles. The van der Waals surface area contributed by atoms with Gasteiger partial charge in [0.05, 0.1) is 32.8 Å². The number of hydrogen-bond donors (Lipinski definition) is 2. The number of carbonyl (C=O) groups is 1. The Morgan fingerprint density at radius 3 is 2.62 bits per heavy atom. The molecule has 1 atom stereocenters. The summed E-state index contributed by atoms with van der Waals surface area (Å²) in [5.41, 5.74) is 1.75. The summed E-state index contributed by atoms with van der Waals surface area (Å²) in [5.74, 6) is 1.34. The standard InChI is InChI=1S/C20H24N2O4/c1-25-17-6-4-3-5-13(17)11-18(24)22-20(15-9-16(23)10-15)14-7-8-19(26-2)21-12-14/h3-8,12,15-16,20,23H,9-11H2,1-2H3,(H,22,24)/t15?,16?,20-/m0/s1. The van der Waals surface area contributed by atoms with Gasteiger partial charge in [0, 0.05) is 17.8 Å². The molecule has 0 unspecified atom stereocenters. The predicted molar refractivity (Wildman–Crippen MR) is 97.1 cm³/mol. The van der Waals surface area contributed by atoms with Crippen molar-refractivity contribution < 1.29 is 19.4 Å². The molecule has 0 bridgehead atoms. The lowest BCUT2D eigenvalue weighted by Gasteiger charge is -2.38. The Morgan fingerprint density at radius 2 is 2.00 bits per heavy atom. The summed E-state index contributed by atoms with van der Waals surface area (Å²) in [6, 6.07) is 11.0. The van der Waals surface area contributed by atoms with Gasteiger partial charge in [0.2, 0.25) is 11.8 Å². The number of aliphatic hydroxyl groups excluding tert-OH is 1. The van der Waals surface area contributed by atoms with Crippen molar-refractivity contribution in [2.24, 2.45) is 5.92 Å². The summed E-state index contributed by atoms with van der Waals surface area (Å²) in [6.45, 7) is 0. The van der Waals surface area contributed by atoms with Gasteiger partial charge in [-0.05, 0) is 30.4 Å². The number of benzene rings is 1. The number of ether oxygens (including phenoxy) is 2. The highest BCUT2D eigenvalue weighted by atomic mass is 16.5. The molecule has 1 aromatic heterocycles. The molecule has 2 aromatic rings. The first-order valence-electron chi connectivity index (χ1n) is 8.70. The average molecular weight is 356 g/mol. The second-order valence-electron chi connectivity index (χ2n) is 6.55. The number of rotatable bonds is 7. The van der Waals surface area contributed by atoms with E-state index in [1.165, 1.54) is 0 Å². The molecule has 0 radical (unpaired) electrons. The fourth-order valence-corrected chi connectivity index (χ4v) is 3.32. The molecule has 0 saturated heterocycles. The van der Waals surface area contributed by atoms with Crippen LogP contribution in [0.15, 0.2) is 42.6 Å². The summed E-state index contributed by atoms with van der Waals surface area (Å²) in [6.07, 6.45) is 3.01. The van der Waals surface area contributed by atoms with Gasteiger partial charge in [-0.2, -0.15) is 0 Å². The summed E-state index contributed by atoms with van der Waals surface area (Å²) in [7, 11) is 3.16. The number of aliphatic hydroxyl groups is 1. The summed E-state index contributed by atoms with van der Waals surface area (Å²) in [4.78, 5) is 16.9. The predicted octanol–water partition coefficient (Wildman–Crippen LogP) is 2.27. The summed E-state index contributed by atoms with van der Waals surface area (Å²) in [5, 5.41) is 12.8. The number of pyridine rings is 1. The van der Waals surface area contributed by atoms with E-state index in [0.717, 1.165) is 11.1 Å². The first-order chi connectivity index (χ1) is 12.6. The number of hydrogen-bond acceptors (Lipinski definition) is 5. The van der Waals surface area contributed by atoms with E-state index in [1.807, 2.05) is 30.3 Å². The van der Waals surface area contributed by atoms with Gasteiger partial charge in [-0.15, -0.1) is 0 Å². The monoisotopic (exact) mass is 356 g/mol. The molecular weight excluding hydrogens is 332 g/mol. The van der Waals surface area contributed by atoms with E-state index in [9.17, 15) is 9.90 Å². The van der Waals surface area contributed by atoms with Crippen molar-refractivity contribution >= 4 is 5.91 Å². The number of carbonyl (C=O) groups excluding carboxylic acids is 1. The van der Waals surface area contributed by atoms with Crippen molar-refractivity contribution in [3.8, 4) is 11.6 Å². The molecular formula is C20H24N2O4. The van der Waals surface area contributed by atoms with Crippen molar-refractivity contribution in [1.82, 2.24) is 10.3 Å². The van der Waals surface area contributed by atoms with Crippen LogP contribution in [0, 0.1) is 5.92 Å². The zero-order valence-corrected chi connectivity index (χ0v) is 15.0. The number of methoxy groups -OCH3 is 2. The van der Waals surface area contributed by atoms with Crippen LogP contribution in [-0.2, 0) is 11.2 Å². The minimum absolute atomic E-state index is 0.0864. The van der Waals surface area contributed by atoms with Crippen molar-refractivity contribution in [3.63, 3.8) is 0 Å². The summed E-state index contributed by atoms with van der Waals surface area (Å²) < 4.78 is 10.4. The van der Waals surface area contributed by atoms with Crippen molar-refractivity contribution in [2.45, 2.75) is 31.4 Å². The highest BCUT2D eigenvalue weighted by Gasteiger charge is 2.35. The quantitative estimate of drug-likeness (QED) is 0.795. The van der Waals surface area contributed by atoms with Crippen LogP contribution in [0.2, 0.25) is 0 Å². The second kappa shape index (κ2) is 8.19. The third kappa shape index (κ3) is 4.14. The molecule has 6 nitrogen and oxygen atoms in total. The molecule has 0 spiro atoms. The van der Waals surface area contributed by atoms with E-state index in [1.54, 1.807) is 26.5 Å². The smallest absolute Gasteiger partial charge is 0.225 e. The molecule has 1 fully saturated rings. The van der Waals surface area contributed by atoms with Crippen LogP contribution in [0.4, 0.5) is 0 Å². The molecule has 1 aliphatic carbocycles. The second-order valence-corrected chi connectivity index (χ2v) is 6.55. The van der Waals surface area contributed by atoms with Gasteiger partial charge in [0.1, 0.15) is 5.75 Å². The van der Waals surface area contributed by atoms with Gasteiger partial charge in [0.25, 0.3) is 0 Å². The summed E-state index contributed by atoms with van der Waals surface area (Å²) >= 11 is 0. The lowest BCUT2D eigenvalue weighted by Crippen LogP contribution is -2.42. The SMILES string of the molecule is COc1ccc([C@H](NC(=O)Cc2ccccc2OC)C2CC(O)C2)cn1. The number of nitrogens with one attached hydrogen (secondary N) is 1. The Morgan fingerprint density at radius 1 is 1.23 bits per heavy atom. The first kappa shape index (κ1) is 18.2. The van der Waals surface area contributed by atoms with Crippen LogP contribution in [0.1, 0.15) is 30.0 Å². The van der Waals surface area contributed by atoms with E-state index in [0.29, 0.717) is 24.5 Å². The van der Waals surface area contributed by atoms with Gasteiger partial charge in [-0.25, -0.2) is 4.98 Å². The molecule has 1 saturated carbocycles. The number of para-hydroxylation sites is 1. The van der Waals surface area contributed by atoms with Gasteiger partial charge in [0.15, 0.2) is 0 Å². The Bertz CT molecular complexity index is 742. The maximum atomic E-state index is 12.6. The average Bonchev–Trinajstić information content (AvgIpc) is 2.64. The number of nitrogens with zero attached hydrogens (tertiary/aromatic N) is 1. The van der Waals surface area contributed by atoms with E-state index in [4.69, 9.17) is 9.47 Å². The topological polar surface area (TPSA) is 80.7 Å². The maximum Gasteiger partial charge on any atom is 0.225 e. The Hall–Kier alpha value is -2.60. The zero-order valence-electron chi connectivity index (χ0n) is 15.0. The molecule has 1 heterocycles. The minimum atomic E-state index is -0.292. The van der Waals surface area contributed by atoms with Gasteiger partial charge in [-0.1, -0.05) is 24.3 Å². The van der Waals surface area contributed by atoms with Crippen LogP contribution >= 0.6 is 0 Å². The molecule has 1 amide bonds. The number of aromatic nitrogens is 1. The first-order valence-corrected chi connectivity index (χ1v) is 8.70. The number of amides is 1. The van der Waals surface area contributed by atoms with E-state index in [2.05, 4.69) is 10.3 Å². The van der Waals surface area contributed by atoms with Crippen LogP contribution in [-0.4, -0.2) is 36.3 Å². The van der Waals surface area contributed by atoms with Crippen molar-refractivity contribution in [1.29, 1.82) is 0 Å². The van der Waals surface area contributed by atoms with E-state index < -0.39 is 0 Å². The minimum Gasteiger partial charge on any atom is -0.496 e. The fraction of sp³-hybridized carbons (Fsp3) is 0.400. The molecule has 26 heavy (non-hydrogen) atoms.